The second-order valence-electron chi connectivity index (χ2n) is 2.47. The summed E-state index contributed by atoms with van der Waals surface area (Å²) in [5.41, 5.74) is 5.52. The molecule has 0 saturated carbocycles. The first-order chi connectivity index (χ1) is 4.27. The Bertz CT molecular complexity index is 74.6. The molecule has 0 aliphatic carbocycles. The van der Waals surface area contributed by atoms with E-state index in [-0.39, 0.29) is 0 Å². The zero-order chi connectivity index (χ0) is 7.11. The van der Waals surface area contributed by atoms with Crippen molar-refractivity contribution in [2.45, 2.75) is 39.2 Å². The number of hydrogen-bond acceptors (Lipinski definition) is 1. The fourth-order valence-corrected chi connectivity index (χ4v) is 0.595. The maximum absolute atomic E-state index is 5.52. The molecule has 0 amide bonds. The molecular formula is C8H17N. The van der Waals surface area contributed by atoms with Crippen LogP contribution in [-0.4, -0.2) is 6.04 Å². The predicted molar refractivity (Wildman–Crippen MR) is 42.3 cm³/mol. The second-order valence-corrected chi connectivity index (χ2v) is 2.47. The Labute approximate surface area is 57.9 Å². The molecule has 9 heavy (non-hydrogen) atoms. The molecule has 2 N–H and O–H groups in total. The fraction of sp³-hybridized carbons (Fsp3) is 0.750. The normalized spacial score (nSPS) is 14.6. The van der Waals surface area contributed by atoms with Crippen LogP contribution in [0.15, 0.2) is 12.2 Å². The van der Waals surface area contributed by atoms with E-state index >= 15 is 0 Å². The van der Waals surface area contributed by atoms with Gasteiger partial charge >= 0.3 is 0 Å². The smallest absolute Gasteiger partial charge is 0.00449 e. The van der Waals surface area contributed by atoms with Crippen molar-refractivity contribution < 1.29 is 0 Å². The number of unbranched alkanes of at least 4 members (excludes halogenated alkanes) is 1. The van der Waals surface area contributed by atoms with Crippen molar-refractivity contribution >= 4 is 0 Å². The molecule has 0 bridgehead atoms. The highest BCUT2D eigenvalue weighted by atomic mass is 14.6. The van der Waals surface area contributed by atoms with Crippen LogP contribution >= 0.6 is 0 Å². The summed E-state index contributed by atoms with van der Waals surface area (Å²) < 4.78 is 0. The Morgan fingerprint density at radius 3 is 2.56 bits per heavy atom. The molecule has 0 aromatic carbocycles. The molecule has 0 saturated heterocycles. The van der Waals surface area contributed by atoms with Crippen LogP contribution in [0.25, 0.3) is 0 Å². The van der Waals surface area contributed by atoms with Gasteiger partial charge in [0.1, 0.15) is 0 Å². The van der Waals surface area contributed by atoms with Crippen molar-refractivity contribution in [1.82, 2.24) is 0 Å². The van der Waals surface area contributed by atoms with Crippen molar-refractivity contribution in [3.05, 3.63) is 12.2 Å². The van der Waals surface area contributed by atoms with Gasteiger partial charge in [0.2, 0.25) is 0 Å². The van der Waals surface area contributed by atoms with Gasteiger partial charge in [0.15, 0.2) is 0 Å². The fourth-order valence-electron chi connectivity index (χ4n) is 0.595. The average Bonchev–Trinajstić information content (AvgIpc) is 1.80. The second kappa shape index (κ2) is 5.83. The monoisotopic (exact) mass is 127 g/mol. The van der Waals surface area contributed by atoms with Crippen molar-refractivity contribution in [3.8, 4) is 0 Å². The van der Waals surface area contributed by atoms with Gasteiger partial charge in [-0.2, -0.15) is 0 Å². The van der Waals surface area contributed by atoms with Crippen LogP contribution in [0.2, 0.25) is 0 Å². The van der Waals surface area contributed by atoms with E-state index < -0.39 is 0 Å². The van der Waals surface area contributed by atoms with Crippen LogP contribution in [0.1, 0.15) is 33.1 Å². The number of allylic oxidation sites excluding steroid dienone is 1. The molecule has 0 radical (unpaired) electrons. The summed E-state index contributed by atoms with van der Waals surface area (Å²) >= 11 is 0. The highest BCUT2D eigenvalue weighted by Gasteiger charge is 1.85. The van der Waals surface area contributed by atoms with Gasteiger partial charge in [-0.3, -0.25) is 0 Å². The Kier molecular flexibility index (Phi) is 5.64. The van der Waals surface area contributed by atoms with Gasteiger partial charge < -0.3 is 5.73 Å². The summed E-state index contributed by atoms with van der Waals surface area (Å²) in [6.07, 6.45) is 7.79. The largest absolute Gasteiger partial charge is 0.328 e. The highest BCUT2D eigenvalue weighted by Crippen LogP contribution is 1.92. The molecule has 1 nitrogen and oxygen atoms in total. The van der Waals surface area contributed by atoms with E-state index in [9.17, 15) is 0 Å². The Balaban J connectivity index is 3.04. The summed E-state index contributed by atoms with van der Waals surface area (Å²) in [7, 11) is 0. The molecule has 0 aromatic heterocycles. The minimum Gasteiger partial charge on any atom is -0.328 e. The molecule has 0 rings (SSSR count). The lowest BCUT2D eigenvalue weighted by atomic mass is 10.2. The first-order valence-corrected chi connectivity index (χ1v) is 3.68. The number of nitrogens with two attached hydrogens (primary N) is 1. The standard InChI is InChI=1S/C8H17N/c1-3-4-5-6-7-8(2)9/h5-6,8H,3-4,7,9H2,1-2H3. The van der Waals surface area contributed by atoms with Crippen molar-refractivity contribution in [2.24, 2.45) is 5.73 Å². The Morgan fingerprint density at radius 1 is 1.44 bits per heavy atom. The van der Waals surface area contributed by atoms with Gasteiger partial charge in [0, 0.05) is 6.04 Å². The summed E-state index contributed by atoms with van der Waals surface area (Å²) in [5, 5.41) is 0. The summed E-state index contributed by atoms with van der Waals surface area (Å²) in [4.78, 5) is 0. The molecular weight excluding hydrogens is 110 g/mol. The molecule has 1 heteroatoms. The first-order valence-electron chi connectivity index (χ1n) is 3.68. The number of hydrogen-bond donors (Lipinski definition) is 1. The van der Waals surface area contributed by atoms with E-state index in [2.05, 4.69) is 19.1 Å². The maximum atomic E-state index is 5.52. The van der Waals surface area contributed by atoms with Crippen LogP contribution in [0.4, 0.5) is 0 Å². The van der Waals surface area contributed by atoms with Gasteiger partial charge in [-0.05, 0) is 19.8 Å². The third-order valence-corrected chi connectivity index (χ3v) is 1.13. The number of rotatable bonds is 4. The van der Waals surface area contributed by atoms with E-state index in [1.807, 2.05) is 6.92 Å². The quantitative estimate of drug-likeness (QED) is 0.575. The van der Waals surface area contributed by atoms with E-state index in [0.717, 1.165) is 6.42 Å². The van der Waals surface area contributed by atoms with Crippen molar-refractivity contribution in [3.63, 3.8) is 0 Å². The Hall–Kier alpha value is -0.300. The third kappa shape index (κ3) is 7.70. The van der Waals surface area contributed by atoms with Gasteiger partial charge in [-0.1, -0.05) is 25.5 Å². The van der Waals surface area contributed by atoms with E-state index in [1.165, 1.54) is 12.8 Å². The van der Waals surface area contributed by atoms with Crippen LogP contribution in [0.3, 0.4) is 0 Å². The first kappa shape index (κ1) is 8.70. The molecule has 0 heterocycles. The molecule has 54 valence electrons. The van der Waals surface area contributed by atoms with Crippen LogP contribution in [0.5, 0.6) is 0 Å². The van der Waals surface area contributed by atoms with E-state index in [4.69, 9.17) is 5.73 Å². The highest BCUT2D eigenvalue weighted by molar-refractivity contribution is 4.83. The third-order valence-electron chi connectivity index (χ3n) is 1.13. The molecule has 0 spiro atoms. The molecule has 0 aliphatic rings. The lowest BCUT2D eigenvalue weighted by Crippen LogP contribution is -2.12. The molecule has 0 aliphatic heterocycles. The zero-order valence-corrected chi connectivity index (χ0v) is 6.43. The van der Waals surface area contributed by atoms with Gasteiger partial charge in [0.05, 0.1) is 0 Å². The van der Waals surface area contributed by atoms with Gasteiger partial charge in [-0.25, -0.2) is 0 Å². The summed E-state index contributed by atoms with van der Waals surface area (Å²) in [6, 6.07) is 0.318. The van der Waals surface area contributed by atoms with Crippen LogP contribution in [0, 0.1) is 0 Å². The predicted octanol–water partition coefficient (Wildman–Crippen LogP) is 2.08. The molecule has 1 unspecified atom stereocenters. The van der Waals surface area contributed by atoms with Gasteiger partial charge in [-0.15, -0.1) is 0 Å². The van der Waals surface area contributed by atoms with E-state index in [1.54, 1.807) is 0 Å². The van der Waals surface area contributed by atoms with E-state index in [0.29, 0.717) is 6.04 Å². The minimum atomic E-state index is 0.318. The summed E-state index contributed by atoms with van der Waals surface area (Å²) in [5.74, 6) is 0. The summed E-state index contributed by atoms with van der Waals surface area (Å²) in [6.45, 7) is 4.20. The maximum Gasteiger partial charge on any atom is 0.00449 e. The molecule has 1 atom stereocenters. The topological polar surface area (TPSA) is 26.0 Å². The Morgan fingerprint density at radius 2 is 2.11 bits per heavy atom. The zero-order valence-electron chi connectivity index (χ0n) is 6.43. The lowest BCUT2D eigenvalue weighted by molar-refractivity contribution is 0.754. The SMILES string of the molecule is CCCC=CCC(C)N. The lowest BCUT2D eigenvalue weighted by Gasteiger charge is -1.96. The minimum absolute atomic E-state index is 0.318. The molecule has 0 fully saturated rings. The molecule has 0 aromatic rings. The van der Waals surface area contributed by atoms with Crippen molar-refractivity contribution in [2.75, 3.05) is 0 Å². The average molecular weight is 127 g/mol. The van der Waals surface area contributed by atoms with Crippen molar-refractivity contribution in [1.29, 1.82) is 0 Å². The van der Waals surface area contributed by atoms with Crippen LogP contribution < -0.4 is 5.73 Å². The van der Waals surface area contributed by atoms with Gasteiger partial charge in [0.25, 0.3) is 0 Å². The van der Waals surface area contributed by atoms with Crippen LogP contribution in [-0.2, 0) is 0 Å².